The lowest BCUT2D eigenvalue weighted by molar-refractivity contribution is -0.116. The lowest BCUT2D eigenvalue weighted by Gasteiger charge is -2.06. The molecule has 1 saturated carbocycles. The Kier molecular flexibility index (Phi) is 4.01. The van der Waals surface area contributed by atoms with Crippen LogP contribution in [0.1, 0.15) is 18.4 Å². The van der Waals surface area contributed by atoms with E-state index in [9.17, 15) is 9.18 Å². The maximum atomic E-state index is 13.0. The highest BCUT2D eigenvalue weighted by molar-refractivity contribution is 5.90. The Morgan fingerprint density at radius 2 is 2.19 bits per heavy atom. The fourth-order valence-electron chi connectivity index (χ4n) is 2.18. The van der Waals surface area contributed by atoms with Gasteiger partial charge in [-0.3, -0.25) is 4.79 Å². The zero-order chi connectivity index (χ0) is 14.7. The molecular weight excluding hydrogens is 269 g/mol. The van der Waals surface area contributed by atoms with E-state index in [0.29, 0.717) is 11.7 Å². The van der Waals surface area contributed by atoms with Gasteiger partial charge in [-0.15, -0.1) is 0 Å². The Labute approximate surface area is 123 Å². The smallest absolute Gasteiger partial charge is 0.244 e. The van der Waals surface area contributed by atoms with Crippen LogP contribution in [-0.2, 0) is 17.9 Å². The zero-order valence-corrected chi connectivity index (χ0v) is 11.7. The van der Waals surface area contributed by atoms with Gasteiger partial charge in [-0.25, -0.2) is 4.39 Å². The van der Waals surface area contributed by atoms with Crippen LogP contribution in [0.25, 0.3) is 0 Å². The number of amides is 1. The number of nitrogens with zero attached hydrogens (tertiary/aromatic N) is 1. The van der Waals surface area contributed by atoms with Gasteiger partial charge in [-0.2, -0.15) is 0 Å². The molecule has 1 heterocycles. The van der Waals surface area contributed by atoms with Crippen LogP contribution < -0.4 is 10.6 Å². The number of aromatic nitrogens is 1. The highest BCUT2D eigenvalue weighted by Gasteiger charge is 2.20. The molecule has 0 spiro atoms. The topological polar surface area (TPSA) is 46.1 Å². The van der Waals surface area contributed by atoms with Gasteiger partial charge in [0.25, 0.3) is 0 Å². The fraction of sp³-hybridized carbons (Fsp3) is 0.312. The van der Waals surface area contributed by atoms with Gasteiger partial charge < -0.3 is 15.2 Å². The molecule has 1 fully saturated rings. The van der Waals surface area contributed by atoms with Gasteiger partial charge in [-0.05, 0) is 42.7 Å². The van der Waals surface area contributed by atoms with Crippen LogP contribution in [0, 0.1) is 5.82 Å². The Bertz CT molecular complexity index is 634. The third-order valence-electron chi connectivity index (χ3n) is 3.42. The summed E-state index contributed by atoms with van der Waals surface area (Å²) in [5.41, 5.74) is 1.64. The third kappa shape index (κ3) is 4.16. The van der Waals surface area contributed by atoms with Gasteiger partial charge in [0.05, 0.1) is 0 Å². The van der Waals surface area contributed by atoms with E-state index in [1.54, 1.807) is 12.1 Å². The van der Waals surface area contributed by atoms with Crippen LogP contribution in [0.3, 0.4) is 0 Å². The second-order valence-corrected chi connectivity index (χ2v) is 5.41. The molecule has 4 nitrogen and oxygen atoms in total. The molecule has 0 atom stereocenters. The van der Waals surface area contributed by atoms with Gasteiger partial charge in [-0.1, -0.05) is 6.07 Å². The number of carbonyl (C=O) groups is 1. The Hall–Kier alpha value is -2.14. The number of halogens is 1. The minimum atomic E-state index is -0.359. The highest BCUT2D eigenvalue weighted by atomic mass is 19.1. The first-order chi connectivity index (χ1) is 10.2. The van der Waals surface area contributed by atoms with Crippen LogP contribution in [0.5, 0.6) is 0 Å². The second-order valence-electron chi connectivity index (χ2n) is 5.41. The Morgan fingerprint density at radius 1 is 1.33 bits per heavy atom. The van der Waals surface area contributed by atoms with Crippen molar-refractivity contribution >= 4 is 11.6 Å². The van der Waals surface area contributed by atoms with Gasteiger partial charge in [0.15, 0.2) is 0 Å². The number of anilines is 1. The molecule has 0 saturated heterocycles. The summed E-state index contributed by atoms with van der Waals surface area (Å²) in [5.74, 6) is -0.528. The minimum Gasteiger partial charge on any atom is -0.345 e. The Morgan fingerprint density at radius 3 is 2.95 bits per heavy atom. The van der Waals surface area contributed by atoms with Gasteiger partial charge in [0.1, 0.15) is 12.4 Å². The van der Waals surface area contributed by atoms with Gasteiger partial charge in [0, 0.05) is 30.7 Å². The van der Waals surface area contributed by atoms with E-state index < -0.39 is 0 Å². The first-order valence-corrected chi connectivity index (χ1v) is 7.12. The molecule has 1 amide bonds. The molecule has 0 aliphatic heterocycles. The highest BCUT2D eigenvalue weighted by Crippen LogP contribution is 2.19. The van der Waals surface area contributed by atoms with Crippen LogP contribution in [0.15, 0.2) is 42.7 Å². The number of nitrogens with one attached hydrogen (secondary N) is 2. The third-order valence-corrected chi connectivity index (χ3v) is 3.42. The van der Waals surface area contributed by atoms with Crippen molar-refractivity contribution in [1.29, 1.82) is 0 Å². The monoisotopic (exact) mass is 287 g/mol. The summed E-state index contributed by atoms with van der Waals surface area (Å²) < 4.78 is 14.9. The molecule has 0 bridgehead atoms. The molecule has 1 aromatic heterocycles. The van der Waals surface area contributed by atoms with E-state index in [4.69, 9.17) is 0 Å². The van der Waals surface area contributed by atoms with Crippen molar-refractivity contribution in [1.82, 2.24) is 9.88 Å². The van der Waals surface area contributed by atoms with Crippen molar-refractivity contribution in [3.05, 3.63) is 54.1 Å². The fourth-order valence-corrected chi connectivity index (χ4v) is 2.18. The standard InChI is InChI=1S/C16H18FN3O/c17-13-2-1-3-15(8-13)19-16(21)11-20-7-6-12(10-20)9-18-14-4-5-14/h1-3,6-8,10,14,18H,4-5,9,11H2,(H,19,21). The Balaban J connectivity index is 1.51. The summed E-state index contributed by atoms with van der Waals surface area (Å²) in [6.45, 7) is 1.06. The molecular formula is C16H18FN3O. The number of rotatable bonds is 6. The van der Waals surface area contributed by atoms with Crippen LogP contribution >= 0.6 is 0 Å². The van der Waals surface area contributed by atoms with Crippen molar-refractivity contribution in [2.75, 3.05) is 5.32 Å². The molecule has 0 radical (unpaired) electrons. The molecule has 3 rings (SSSR count). The molecule has 1 aromatic carbocycles. The predicted octanol–water partition coefficient (Wildman–Crippen LogP) is 2.52. The summed E-state index contributed by atoms with van der Waals surface area (Å²) >= 11 is 0. The molecule has 5 heteroatoms. The lowest BCUT2D eigenvalue weighted by Crippen LogP contribution is -2.18. The van der Waals surface area contributed by atoms with Crippen molar-refractivity contribution < 1.29 is 9.18 Å². The SMILES string of the molecule is O=C(Cn1ccc(CNC2CC2)c1)Nc1cccc(F)c1. The summed E-state index contributed by atoms with van der Waals surface area (Å²) in [7, 11) is 0. The van der Waals surface area contributed by atoms with E-state index >= 15 is 0 Å². The molecule has 110 valence electrons. The molecule has 1 aliphatic rings. The number of benzene rings is 1. The van der Waals surface area contributed by atoms with E-state index in [1.807, 2.05) is 23.0 Å². The summed E-state index contributed by atoms with van der Waals surface area (Å²) in [6.07, 6.45) is 6.36. The van der Waals surface area contributed by atoms with Gasteiger partial charge in [0.2, 0.25) is 5.91 Å². The van der Waals surface area contributed by atoms with Crippen molar-refractivity contribution in [2.24, 2.45) is 0 Å². The largest absolute Gasteiger partial charge is 0.345 e. The van der Waals surface area contributed by atoms with Crippen molar-refractivity contribution in [3.63, 3.8) is 0 Å². The minimum absolute atomic E-state index is 0.169. The van der Waals surface area contributed by atoms with E-state index in [-0.39, 0.29) is 18.3 Å². The van der Waals surface area contributed by atoms with E-state index in [0.717, 1.165) is 6.54 Å². The average molecular weight is 287 g/mol. The summed E-state index contributed by atoms with van der Waals surface area (Å²) in [6, 6.07) is 8.57. The first kappa shape index (κ1) is 13.8. The van der Waals surface area contributed by atoms with Crippen LogP contribution in [0.4, 0.5) is 10.1 Å². The number of carbonyl (C=O) groups excluding carboxylic acids is 1. The predicted molar refractivity (Wildman–Crippen MR) is 79.3 cm³/mol. The molecule has 1 aliphatic carbocycles. The number of hydrogen-bond acceptors (Lipinski definition) is 2. The second kappa shape index (κ2) is 6.10. The maximum absolute atomic E-state index is 13.0. The van der Waals surface area contributed by atoms with Gasteiger partial charge >= 0.3 is 0 Å². The molecule has 0 unspecified atom stereocenters. The van der Waals surface area contributed by atoms with Crippen molar-refractivity contribution in [2.45, 2.75) is 32.0 Å². The van der Waals surface area contributed by atoms with E-state index in [1.165, 1.54) is 30.5 Å². The zero-order valence-electron chi connectivity index (χ0n) is 11.7. The van der Waals surface area contributed by atoms with Crippen LogP contribution in [-0.4, -0.2) is 16.5 Å². The molecule has 2 aromatic rings. The van der Waals surface area contributed by atoms with Crippen LogP contribution in [0.2, 0.25) is 0 Å². The quantitative estimate of drug-likeness (QED) is 0.857. The normalized spacial score (nSPS) is 14.1. The summed E-state index contributed by atoms with van der Waals surface area (Å²) in [4.78, 5) is 11.9. The average Bonchev–Trinajstić information content (AvgIpc) is 3.17. The summed E-state index contributed by atoms with van der Waals surface area (Å²) in [5, 5.41) is 6.12. The number of hydrogen-bond donors (Lipinski definition) is 2. The lowest BCUT2D eigenvalue weighted by atomic mass is 10.3. The van der Waals surface area contributed by atoms with E-state index in [2.05, 4.69) is 10.6 Å². The maximum Gasteiger partial charge on any atom is 0.244 e. The molecule has 21 heavy (non-hydrogen) atoms. The molecule has 2 N–H and O–H groups in total. The van der Waals surface area contributed by atoms with Crippen molar-refractivity contribution in [3.8, 4) is 0 Å². The first-order valence-electron chi connectivity index (χ1n) is 7.12.